The first-order valence-corrected chi connectivity index (χ1v) is 8.54. The van der Waals surface area contributed by atoms with E-state index in [2.05, 4.69) is 40.4 Å². The summed E-state index contributed by atoms with van der Waals surface area (Å²) in [5.74, 6) is 0. The smallest absolute Gasteiger partial charge is 0.160 e. The molecule has 0 aromatic carbocycles. The van der Waals surface area contributed by atoms with E-state index >= 15 is 0 Å². The van der Waals surface area contributed by atoms with Crippen molar-refractivity contribution in [3.05, 3.63) is 52.5 Å². The third-order valence-corrected chi connectivity index (χ3v) is 5.76. The highest BCUT2D eigenvalue weighted by Crippen LogP contribution is 2.48. The number of nitrogens with zero attached hydrogens (tertiary/aromatic N) is 3. The van der Waals surface area contributed by atoms with Crippen LogP contribution in [0.1, 0.15) is 29.6 Å². The molecule has 0 N–H and O–H groups in total. The molecule has 0 aliphatic carbocycles. The van der Waals surface area contributed by atoms with Gasteiger partial charge in [0.25, 0.3) is 0 Å². The summed E-state index contributed by atoms with van der Waals surface area (Å²) < 4.78 is 0. The Morgan fingerprint density at radius 2 is 2.20 bits per heavy atom. The predicted octanol–water partition coefficient (Wildman–Crippen LogP) is 3.73. The molecule has 0 saturated carbocycles. The van der Waals surface area contributed by atoms with E-state index in [0.717, 1.165) is 12.2 Å². The van der Waals surface area contributed by atoms with Crippen molar-refractivity contribution in [2.45, 2.75) is 24.3 Å². The second kappa shape index (κ2) is 4.90. The van der Waals surface area contributed by atoms with Crippen LogP contribution in [0.2, 0.25) is 0 Å². The Morgan fingerprint density at radius 3 is 2.95 bits per heavy atom. The molecule has 0 radical (unpaired) electrons. The number of thiophene rings is 1. The number of aliphatic imine (C=N–C) groups is 1. The van der Waals surface area contributed by atoms with Gasteiger partial charge >= 0.3 is 0 Å². The Bertz CT molecular complexity index is 624. The molecule has 5 heteroatoms. The largest absolute Gasteiger partial charge is 0.340 e. The van der Waals surface area contributed by atoms with Gasteiger partial charge in [-0.1, -0.05) is 30.8 Å². The van der Waals surface area contributed by atoms with Crippen LogP contribution in [-0.2, 0) is 0 Å². The molecule has 0 bridgehead atoms. The first-order chi connectivity index (χ1) is 9.83. The number of thioether (sulfide) groups is 1. The average Bonchev–Trinajstić information content (AvgIpc) is 3.14. The third kappa shape index (κ3) is 1.96. The summed E-state index contributed by atoms with van der Waals surface area (Å²) in [5.41, 5.74) is 1.07. The second-order valence-corrected chi connectivity index (χ2v) is 7.54. The number of aromatic nitrogens is 1. The fourth-order valence-corrected chi connectivity index (χ4v) is 4.84. The highest BCUT2D eigenvalue weighted by atomic mass is 32.2. The van der Waals surface area contributed by atoms with Gasteiger partial charge in [-0.3, -0.25) is 9.98 Å². The average molecular weight is 301 g/mol. The van der Waals surface area contributed by atoms with E-state index in [9.17, 15) is 0 Å². The number of amidine groups is 1. The summed E-state index contributed by atoms with van der Waals surface area (Å²) in [7, 11) is 0. The van der Waals surface area contributed by atoms with E-state index in [0.29, 0.717) is 11.3 Å². The van der Waals surface area contributed by atoms with Crippen LogP contribution >= 0.6 is 23.1 Å². The molecule has 3 atom stereocenters. The summed E-state index contributed by atoms with van der Waals surface area (Å²) in [5, 5.41) is 3.96. The van der Waals surface area contributed by atoms with E-state index in [1.165, 1.54) is 10.0 Å². The van der Waals surface area contributed by atoms with Crippen molar-refractivity contribution in [1.82, 2.24) is 9.88 Å². The Morgan fingerprint density at radius 1 is 1.25 bits per heavy atom. The monoisotopic (exact) mass is 301 g/mol. The van der Waals surface area contributed by atoms with Gasteiger partial charge in [0.2, 0.25) is 0 Å². The Kier molecular flexibility index (Phi) is 3.04. The first kappa shape index (κ1) is 12.4. The predicted molar refractivity (Wildman–Crippen MR) is 85.2 cm³/mol. The Labute approximate surface area is 126 Å². The maximum atomic E-state index is 4.96. The summed E-state index contributed by atoms with van der Waals surface area (Å²) >= 11 is 3.71. The lowest BCUT2D eigenvalue weighted by Gasteiger charge is -2.25. The summed E-state index contributed by atoms with van der Waals surface area (Å²) in [6.07, 6.45) is 1.86. The van der Waals surface area contributed by atoms with Gasteiger partial charge in [0, 0.05) is 22.9 Å². The van der Waals surface area contributed by atoms with Gasteiger partial charge in [0.05, 0.1) is 11.7 Å². The highest BCUT2D eigenvalue weighted by Gasteiger charge is 2.43. The lowest BCUT2D eigenvalue weighted by Crippen LogP contribution is -2.27. The molecule has 2 aromatic heterocycles. The molecule has 3 unspecified atom stereocenters. The molecule has 2 aliphatic rings. The molecule has 1 saturated heterocycles. The molecule has 3 nitrogen and oxygen atoms in total. The van der Waals surface area contributed by atoms with Crippen LogP contribution in [0.15, 0.2) is 46.9 Å². The minimum Gasteiger partial charge on any atom is -0.340 e. The van der Waals surface area contributed by atoms with Crippen LogP contribution in [0.25, 0.3) is 0 Å². The van der Waals surface area contributed by atoms with E-state index in [1.54, 1.807) is 0 Å². The van der Waals surface area contributed by atoms with E-state index in [4.69, 9.17) is 4.99 Å². The zero-order valence-corrected chi connectivity index (χ0v) is 12.8. The summed E-state index contributed by atoms with van der Waals surface area (Å²) in [6, 6.07) is 10.9. The molecule has 4 heterocycles. The molecule has 102 valence electrons. The zero-order chi connectivity index (χ0) is 13.5. The van der Waals surface area contributed by atoms with Gasteiger partial charge in [-0.05, 0) is 23.6 Å². The molecule has 20 heavy (non-hydrogen) atoms. The SMILES string of the molecule is CC1CN2C(=NC(c3ccccn3)C2c2cccs2)S1. The molecule has 0 amide bonds. The van der Waals surface area contributed by atoms with Crippen LogP contribution in [-0.4, -0.2) is 26.8 Å². The quantitative estimate of drug-likeness (QED) is 0.846. The lowest BCUT2D eigenvalue weighted by molar-refractivity contribution is 0.326. The van der Waals surface area contributed by atoms with Gasteiger partial charge in [-0.15, -0.1) is 11.3 Å². The number of pyridine rings is 1. The van der Waals surface area contributed by atoms with Crippen LogP contribution in [0, 0.1) is 0 Å². The van der Waals surface area contributed by atoms with Gasteiger partial charge in [0.15, 0.2) is 5.17 Å². The minimum absolute atomic E-state index is 0.129. The summed E-state index contributed by atoms with van der Waals surface area (Å²) in [4.78, 5) is 13.3. The Balaban J connectivity index is 1.77. The van der Waals surface area contributed by atoms with E-state index < -0.39 is 0 Å². The second-order valence-electron chi connectivity index (χ2n) is 5.15. The van der Waals surface area contributed by atoms with Crippen molar-refractivity contribution in [3.63, 3.8) is 0 Å². The van der Waals surface area contributed by atoms with Crippen molar-refractivity contribution >= 4 is 28.3 Å². The molecule has 2 aromatic rings. The van der Waals surface area contributed by atoms with Crippen molar-refractivity contribution in [1.29, 1.82) is 0 Å². The number of hydrogen-bond acceptors (Lipinski definition) is 5. The standard InChI is InChI=1S/C15H15N3S2/c1-10-9-18-14(12-6-4-8-19-12)13(17-15(18)20-10)11-5-2-3-7-16-11/h2-8,10,13-14H,9H2,1H3. The fraction of sp³-hybridized carbons (Fsp3) is 0.333. The maximum absolute atomic E-state index is 4.96. The van der Waals surface area contributed by atoms with E-state index in [-0.39, 0.29) is 6.04 Å². The zero-order valence-electron chi connectivity index (χ0n) is 11.1. The van der Waals surface area contributed by atoms with Crippen molar-refractivity contribution in [2.24, 2.45) is 4.99 Å². The van der Waals surface area contributed by atoms with Crippen molar-refractivity contribution in [3.8, 4) is 0 Å². The van der Waals surface area contributed by atoms with Crippen molar-refractivity contribution < 1.29 is 0 Å². The number of rotatable bonds is 2. The van der Waals surface area contributed by atoms with Crippen LogP contribution < -0.4 is 0 Å². The topological polar surface area (TPSA) is 28.5 Å². The molecule has 0 spiro atoms. The van der Waals surface area contributed by atoms with E-state index in [1.807, 2.05) is 41.4 Å². The van der Waals surface area contributed by atoms with Crippen LogP contribution in [0.5, 0.6) is 0 Å². The molecular formula is C15H15N3S2. The van der Waals surface area contributed by atoms with Gasteiger partial charge in [-0.2, -0.15) is 0 Å². The minimum atomic E-state index is 0.129. The van der Waals surface area contributed by atoms with Gasteiger partial charge in [-0.25, -0.2) is 0 Å². The lowest BCUT2D eigenvalue weighted by atomic mass is 10.0. The normalized spacial score (nSPS) is 28.6. The van der Waals surface area contributed by atoms with Crippen molar-refractivity contribution in [2.75, 3.05) is 6.54 Å². The number of fused-ring (bicyclic) bond motifs is 1. The first-order valence-electron chi connectivity index (χ1n) is 6.78. The summed E-state index contributed by atoms with van der Waals surface area (Å²) in [6.45, 7) is 3.35. The van der Waals surface area contributed by atoms with Gasteiger partial charge < -0.3 is 4.90 Å². The maximum Gasteiger partial charge on any atom is 0.160 e. The highest BCUT2D eigenvalue weighted by molar-refractivity contribution is 8.14. The fourth-order valence-electron chi connectivity index (χ4n) is 2.88. The number of hydrogen-bond donors (Lipinski definition) is 0. The molecular weight excluding hydrogens is 286 g/mol. The Hall–Kier alpha value is -1.33. The van der Waals surface area contributed by atoms with Crippen LogP contribution in [0.4, 0.5) is 0 Å². The van der Waals surface area contributed by atoms with Crippen LogP contribution in [0.3, 0.4) is 0 Å². The molecule has 1 fully saturated rings. The molecule has 4 rings (SSSR count). The molecule has 2 aliphatic heterocycles. The third-order valence-electron chi connectivity index (χ3n) is 3.72. The van der Waals surface area contributed by atoms with Gasteiger partial charge in [0.1, 0.15) is 6.04 Å².